The van der Waals surface area contributed by atoms with Gasteiger partial charge in [-0.15, -0.1) is 0 Å². The first kappa shape index (κ1) is 13.6. The summed E-state index contributed by atoms with van der Waals surface area (Å²) in [5.74, 6) is 0. The Morgan fingerprint density at radius 3 is 2.64 bits per heavy atom. The minimum atomic E-state index is -0.211. The number of rotatable bonds is 1. The molecule has 4 rings (SSSR count). The monoisotopic (exact) mass is 298 g/mol. The number of aryl methyl sites for hydroxylation is 1. The van der Waals surface area contributed by atoms with Gasteiger partial charge < -0.3 is 15.6 Å². The third kappa shape index (κ3) is 1.99. The second kappa shape index (κ2) is 4.73. The number of nitrogens with one attached hydrogen (secondary N) is 1. The summed E-state index contributed by atoms with van der Waals surface area (Å²) < 4.78 is 0. The number of aromatic nitrogens is 2. The molecule has 1 saturated heterocycles. The SMILES string of the molecule is Cc1cc2c(N3CCC4(CCC4)CC3)c(N)c(=O)[nH]c2cn1. The van der Waals surface area contributed by atoms with Crippen molar-refractivity contribution in [1.82, 2.24) is 9.97 Å². The number of pyridine rings is 2. The summed E-state index contributed by atoms with van der Waals surface area (Å²) in [6.07, 6.45) is 8.27. The Morgan fingerprint density at radius 2 is 2.00 bits per heavy atom. The zero-order valence-corrected chi connectivity index (χ0v) is 13.0. The number of fused-ring (bicyclic) bond motifs is 1. The molecule has 2 aromatic heterocycles. The minimum absolute atomic E-state index is 0.211. The van der Waals surface area contributed by atoms with Gasteiger partial charge in [-0.25, -0.2) is 0 Å². The summed E-state index contributed by atoms with van der Waals surface area (Å²) in [5, 5.41) is 1.01. The molecular weight excluding hydrogens is 276 g/mol. The molecule has 0 bridgehead atoms. The molecule has 5 nitrogen and oxygen atoms in total. The molecule has 0 atom stereocenters. The summed E-state index contributed by atoms with van der Waals surface area (Å²) in [4.78, 5) is 21.6. The van der Waals surface area contributed by atoms with Gasteiger partial charge in [-0.2, -0.15) is 0 Å². The van der Waals surface area contributed by atoms with E-state index in [1.165, 1.54) is 32.1 Å². The molecule has 1 aliphatic carbocycles. The van der Waals surface area contributed by atoms with Gasteiger partial charge in [0.15, 0.2) is 0 Å². The fourth-order valence-electron chi connectivity index (χ4n) is 4.02. The molecule has 1 saturated carbocycles. The van der Waals surface area contributed by atoms with Crippen molar-refractivity contribution >= 4 is 22.3 Å². The number of nitrogen functional groups attached to an aromatic ring is 1. The van der Waals surface area contributed by atoms with Gasteiger partial charge in [0.1, 0.15) is 5.69 Å². The second-order valence-corrected chi connectivity index (χ2v) is 6.93. The van der Waals surface area contributed by atoms with Crippen LogP contribution >= 0.6 is 0 Å². The van der Waals surface area contributed by atoms with E-state index in [1.807, 2.05) is 13.0 Å². The predicted molar refractivity (Wildman–Crippen MR) is 89.2 cm³/mol. The number of nitrogens with two attached hydrogens (primary N) is 1. The Hall–Kier alpha value is -2.04. The van der Waals surface area contributed by atoms with Gasteiger partial charge in [-0.1, -0.05) is 6.42 Å². The Bertz CT molecular complexity index is 781. The molecule has 0 amide bonds. The highest BCUT2D eigenvalue weighted by atomic mass is 16.1. The van der Waals surface area contributed by atoms with E-state index in [0.717, 1.165) is 35.4 Å². The first-order valence-electron chi connectivity index (χ1n) is 8.11. The smallest absolute Gasteiger partial charge is 0.273 e. The molecule has 1 aliphatic heterocycles. The summed E-state index contributed by atoms with van der Waals surface area (Å²) in [6.45, 7) is 3.94. The largest absolute Gasteiger partial charge is 0.393 e. The summed E-state index contributed by atoms with van der Waals surface area (Å²) in [5.41, 5.74) is 9.45. The lowest BCUT2D eigenvalue weighted by molar-refractivity contribution is 0.0956. The van der Waals surface area contributed by atoms with Gasteiger partial charge in [0.05, 0.1) is 17.4 Å². The van der Waals surface area contributed by atoms with Crippen LogP contribution in [0.15, 0.2) is 17.1 Å². The molecular formula is C17H22N4O. The number of H-pyrrole nitrogens is 1. The lowest BCUT2D eigenvalue weighted by atomic mass is 9.63. The maximum Gasteiger partial charge on any atom is 0.273 e. The van der Waals surface area contributed by atoms with Crippen LogP contribution in [0.3, 0.4) is 0 Å². The number of aromatic amines is 1. The van der Waals surface area contributed by atoms with E-state index in [1.54, 1.807) is 6.20 Å². The van der Waals surface area contributed by atoms with Crippen molar-refractivity contribution in [1.29, 1.82) is 0 Å². The third-order valence-corrected chi connectivity index (χ3v) is 5.60. The highest BCUT2D eigenvalue weighted by Crippen LogP contribution is 2.49. The Kier molecular flexibility index (Phi) is 2.93. The molecule has 1 spiro atoms. The van der Waals surface area contributed by atoms with Crippen LogP contribution in [0.4, 0.5) is 11.4 Å². The van der Waals surface area contributed by atoms with Crippen LogP contribution < -0.4 is 16.2 Å². The molecule has 0 radical (unpaired) electrons. The Morgan fingerprint density at radius 1 is 1.27 bits per heavy atom. The highest BCUT2D eigenvalue weighted by Gasteiger charge is 2.40. The molecule has 2 aromatic rings. The number of anilines is 2. The average Bonchev–Trinajstić information content (AvgIpc) is 2.48. The lowest BCUT2D eigenvalue weighted by Crippen LogP contribution is -2.44. The Labute approximate surface area is 129 Å². The van der Waals surface area contributed by atoms with Crippen molar-refractivity contribution in [2.75, 3.05) is 23.7 Å². The van der Waals surface area contributed by atoms with Gasteiger partial charge in [0.2, 0.25) is 0 Å². The number of nitrogens with zero attached hydrogens (tertiary/aromatic N) is 2. The van der Waals surface area contributed by atoms with E-state index in [2.05, 4.69) is 14.9 Å². The second-order valence-electron chi connectivity index (χ2n) is 6.93. The van der Waals surface area contributed by atoms with Crippen LogP contribution in [-0.2, 0) is 0 Å². The summed E-state index contributed by atoms with van der Waals surface area (Å²) in [6, 6.07) is 2.02. The molecule has 0 aromatic carbocycles. The number of hydrogen-bond donors (Lipinski definition) is 2. The maximum atomic E-state index is 12.1. The molecule has 5 heteroatoms. The minimum Gasteiger partial charge on any atom is -0.393 e. The van der Waals surface area contributed by atoms with Crippen LogP contribution in [-0.4, -0.2) is 23.1 Å². The van der Waals surface area contributed by atoms with Crippen LogP contribution in [0.25, 0.3) is 10.9 Å². The van der Waals surface area contributed by atoms with Gasteiger partial charge in [-0.3, -0.25) is 9.78 Å². The highest BCUT2D eigenvalue weighted by molar-refractivity contribution is 5.97. The van der Waals surface area contributed by atoms with Gasteiger partial charge in [-0.05, 0) is 44.1 Å². The van der Waals surface area contributed by atoms with E-state index in [-0.39, 0.29) is 5.56 Å². The predicted octanol–water partition coefficient (Wildman–Crippen LogP) is 2.58. The van der Waals surface area contributed by atoms with Crippen molar-refractivity contribution in [2.45, 2.75) is 39.0 Å². The number of piperidine rings is 1. The van der Waals surface area contributed by atoms with Gasteiger partial charge in [0, 0.05) is 24.2 Å². The van der Waals surface area contributed by atoms with Crippen LogP contribution in [0, 0.1) is 12.3 Å². The normalized spacial score (nSPS) is 20.3. The quantitative estimate of drug-likeness (QED) is 0.848. The van der Waals surface area contributed by atoms with Crippen molar-refractivity contribution in [3.05, 3.63) is 28.3 Å². The number of hydrogen-bond acceptors (Lipinski definition) is 4. The lowest BCUT2D eigenvalue weighted by Gasteiger charge is -2.48. The average molecular weight is 298 g/mol. The van der Waals surface area contributed by atoms with E-state index >= 15 is 0 Å². The standard InChI is InChI=1S/C17H22N4O/c1-11-9-12-13(10-19-11)20-16(22)14(18)15(12)21-7-5-17(6-8-21)3-2-4-17/h9-10H,2-8,18H2,1H3,(H,20,22). The van der Waals surface area contributed by atoms with Crippen molar-refractivity contribution in [3.8, 4) is 0 Å². The fraction of sp³-hybridized carbons (Fsp3) is 0.529. The maximum absolute atomic E-state index is 12.1. The van der Waals surface area contributed by atoms with E-state index in [4.69, 9.17) is 5.73 Å². The zero-order valence-electron chi connectivity index (χ0n) is 13.0. The van der Waals surface area contributed by atoms with Crippen LogP contribution in [0.2, 0.25) is 0 Å². The summed E-state index contributed by atoms with van der Waals surface area (Å²) >= 11 is 0. The third-order valence-electron chi connectivity index (χ3n) is 5.60. The van der Waals surface area contributed by atoms with E-state index < -0.39 is 0 Å². The van der Waals surface area contributed by atoms with E-state index in [0.29, 0.717) is 11.1 Å². The van der Waals surface area contributed by atoms with Crippen molar-refractivity contribution in [2.24, 2.45) is 5.41 Å². The topological polar surface area (TPSA) is 75.0 Å². The molecule has 2 aliphatic rings. The first-order valence-corrected chi connectivity index (χ1v) is 8.11. The van der Waals surface area contributed by atoms with Gasteiger partial charge >= 0.3 is 0 Å². The molecule has 0 unspecified atom stereocenters. The Balaban J connectivity index is 1.78. The summed E-state index contributed by atoms with van der Waals surface area (Å²) in [7, 11) is 0. The van der Waals surface area contributed by atoms with Crippen LogP contribution in [0.1, 0.15) is 37.8 Å². The molecule has 2 fully saturated rings. The molecule has 116 valence electrons. The van der Waals surface area contributed by atoms with Crippen LogP contribution in [0.5, 0.6) is 0 Å². The van der Waals surface area contributed by atoms with Crippen molar-refractivity contribution < 1.29 is 0 Å². The zero-order chi connectivity index (χ0) is 15.3. The molecule has 3 N–H and O–H groups in total. The fourth-order valence-corrected chi connectivity index (χ4v) is 4.02. The van der Waals surface area contributed by atoms with E-state index in [9.17, 15) is 4.79 Å². The molecule has 22 heavy (non-hydrogen) atoms. The first-order chi connectivity index (χ1) is 10.6. The van der Waals surface area contributed by atoms with Gasteiger partial charge in [0.25, 0.3) is 5.56 Å². The molecule has 3 heterocycles. The van der Waals surface area contributed by atoms with Crippen molar-refractivity contribution in [3.63, 3.8) is 0 Å².